The number of alkyl halides is 1. The molecule has 0 aliphatic rings. The second-order valence-corrected chi connectivity index (χ2v) is 4.28. The molecular formula is C11H15BrFNO. The third-order valence-electron chi connectivity index (χ3n) is 2.00. The number of rotatable bonds is 5. The molecule has 15 heavy (non-hydrogen) atoms. The van der Waals surface area contributed by atoms with Gasteiger partial charge in [-0.15, -0.1) is 0 Å². The van der Waals surface area contributed by atoms with Crippen molar-refractivity contribution in [3.8, 4) is 5.75 Å². The van der Waals surface area contributed by atoms with Crippen LogP contribution in [0.1, 0.15) is 24.9 Å². The fourth-order valence-corrected chi connectivity index (χ4v) is 1.62. The zero-order valence-electron chi connectivity index (χ0n) is 8.67. The summed E-state index contributed by atoms with van der Waals surface area (Å²) in [5.41, 5.74) is 6.75. The van der Waals surface area contributed by atoms with E-state index in [0.29, 0.717) is 13.0 Å². The van der Waals surface area contributed by atoms with Gasteiger partial charge in [-0.3, -0.25) is 4.39 Å². The van der Waals surface area contributed by atoms with Gasteiger partial charge in [0.2, 0.25) is 0 Å². The number of hydrogen-bond donors (Lipinski definition) is 1. The molecule has 0 fully saturated rings. The van der Waals surface area contributed by atoms with Crippen LogP contribution in [0.5, 0.6) is 5.75 Å². The Morgan fingerprint density at radius 3 is 2.87 bits per heavy atom. The predicted molar refractivity (Wildman–Crippen MR) is 62.8 cm³/mol. The largest absolute Gasteiger partial charge is 0.493 e. The van der Waals surface area contributed by atoms with E-state index >= 15 is 0 Å². The van der Waals surface area contributed by atoms with Gasteiger partial charge in [0.05, 0.1) is 13.3 Å². The second kappa shape index (κ2) is 6.08. The highest BCUT2D eigenvalue weighted by Gasteiger charge is 2.08. The van der Waals surface area contributed by atoms with Gasteiger partial charge < -0.3 is 10.5 Å². The van der Waals surface area contributed by atoms with Crippen molar-refractivity contribution in [2.24, 2.45) is 5.73 Å². The zero-order valence-corrected chi connectivity index (χ0v) is 10.3. The Balaban J connectivity index is 2.77. The first-order chi connectivity index (χ1) is 7.15. The van der Waals surface area contributed by atoms with Crippen molar-refractivity contribution in [1.82, 2.24) is 0 Å². The summed E-state index contributed by atoms with van der Waals surface area (Å²) in [5.74, 6) is 0.738. The molecule has 4 heteroatoms. The van der Waals surface area contributed by atoms with E-state index < -0.39 is 0 Å². The van der Waals surface area contributed by atoms with Gasteiger partial charge in [-0.05, 0) is 25.1 Å². The lowest BCUT2D eigenvalue weighted by Gasteiger charge is -2.13. The third-order valence-corrected chi connectivity index (χ3v) is 2.49. The average molecular weight is 276 g/mol. The predicted octanol–water partition coefficient (Wildman–Crippen LogP) is 3.21. The fraction of sp³-hybridized carbons (Fsp3) is 0.455. The summed E-state index contributed by atoms with van der Waals surface area (Å²) in [5, 5.41) is 0. The fourth-order valence-electron chi connectivity index (χ4n) is 1.24. The number of nitrogens with two attached hydrogens (primary N) is 1. The smallest absolute Gasteiger partial charge is 0.124 e. The van der Waals surface area contributed by atoms with Crippen molar-refractivity contribution in [2.45, 2.75) is 19.4 Å². The quantitative estimate of drug-likeness (QED) is 0.838. The van der Waals surface area contributed by atoms with Crippen LogP contribution in [0.15, 0.2) is 22.7 Å². The normalized spacial score (nSPS) is 12.5. The number of ether oxygens (including phenoxy) is 1. The summed E-state index contributed by atoms with van der Waals surface area (Å²) >= 11 is 3.38. The molecular weight excluding hydrogens is 261 g/mol. The molecule has 1 aromatic carbocycles. The highest BCUT2D eigenvalue weighted by atomic mass is 79.9. The van der Waals surface area contributed by atoms with Crippen molar-refractivity contribution in [1.29, 1.82) is 0 Å². The molecule has 0 bridgehead atoms. The van der Waals surface area contributed by atoms with Crippen molar-refractivity contribution in [3.05, 3.63) is 28.2 Å². The Morgan fingerprint density at radius 1 is 1.53 bits per heavy atom. The highest BCUT2D eigenvalue weighted by Crippen LogP contribution is 2.27. The lowest BCUT2D eigenvalue weighted by molar-refractivity contribution is 0.286. The van der Waals surface area contributed by atoms with Gasteiger partial charge in [-0.25, -0.2) is 0 Å². The van der Waals surface area contributed by atoms with Crippen LogP contribution in [0.2, 0.25) is 0 Å². The van der Waals surface area contributed by atoms with Crippen molar-refractivity contribution < 1.29 is 9.13 Å². The van der Waals surface area contributed by atoms with Gasteiger partial charge in [-0.1, -0.05) is 15.9 Å². The standard InChI is InChI=1S/C11H15BrFNO/c1-8(14)10-7-9(12)3-4-11(10)15-6-2-5-13/h3-4,7-8H,2,5-6,14H2,1H3/t8-/m0/s1. The third kappa shape index (κ3) is 3.80. The molecule has 1 atom stereocenters. The summed E-state index contributed by atoms with van der Waals surface area (Å²) in [6.07, 6.45) is 0.411. The highest BCUT2D eigenvalue weighted by molar-refractivity contribution is 9.10. The molecule has 0 aromatic heterocycles. The number of benzene rings is 1. The Morgan fingerprint density at radius 2 is 2.27 bits per heavy atom. The van der Waals surface area contributed by atoms with Crippen LogP contribution in [-0.2, 0) is 0 Å². The molecule has 0 heterocycles. The minimum absolute atomic E-state index is 0.0946. The molecule has 0 radical (unpaired) electrons. The number of hydrogen-bond acceptors (Lipinski definition) is 2. The summed E-state index contributed by atoms with van der Waals surface area (Å²) in [7, 11) is 0. The second-order valence-electron chi connectivity index (χ2n) is 3.36. The molecule has 0 spiro atoms. The maximum Gasteiger partial charge on any atom is 0.124 e. The molecule has 1 aromatic rings. The molecule has 2 N–H and O–H groups in total. The van der Waals surface area contributed by atoms with Crippen LogP contribution in [0.4, 0.5) is 4.39 Å². The van der Waals surface area contributed by atoms with Gasteiger partial charge >= 0.3 is 0 Å². The molecule has 1 rings (SSSR count). The van der Waals surface area contributed by atoms with E-state index in [9.17, 15) is 4.39 Å². The minimum Gasteiger partial charge on any atom is -0.493 e. The van der Waals surface area contributed by atoms with Crippen LogP contribution in [0.3, 0.4) is 0 Å². The maximum atomic E-state index is 11.9. The first kappa shape index (κ1) is 12.5. The van der Waals surface area contributed by atoms with E-state index in [-0.39, 0.29) is 12.7 Å². The van der Waals surface area contributed by atoms with Gasteiger partial charge in [0, 0.05) is 22.5 Å². The van der Waals surface area contributed by atoms with E-state index in [1.807, 2.05) is 25.1 Å². The van der Waals surface area contributed by atoms with Crippen LogP contribution < -0.4 is 10.5 Å². The molecule has 0 amide bonds. The Kier molecular flexibility index (Phi) is 5.05. The topological polar surface area (TPSA) is 35.2 Å². The summed E-state index contributed by atoms with van der Waals surface area (Å²) in [4.78, 5) is 0. The molecule has 0 unspecified atom stereocenters. The average Bonchev–Trinajstić information content (AvgIpc) is 2.20. The van der Waals surface area contributed by atoms with Crippen LogP contribution in [-0.4, -0.2) is 13.3 Å². The van der Waals surface area contributed by atoms with Crippen LogP contribution >= 0.6 is 15.9 Å². The van der Waals surface area contributed by atoms with E-state index in [2.05, 4.69) is 15.9 Å². The first-order valence-electron chi connectivity index (χ1n) is 4.89. The molecule has 0 saturated heterocycles. The SMILES string of the molecule is C[C@H](N)c1cc(Br)ccc1OCCCF. The van der Waals surface area contributed by atoms with E-state index in [1.165, 1.54) is 0 Å². The lowest BCUT2D eigenvalue weighted by Crippen LogP contribution is -2.09. The van der Waals surface area contributed by atoms with Crippen molar-refractivity contribution in [2.75, 3.05) is 13.3 Å². The van der Waals surface area contributed by atoms with E-state index in [4.69, 9.17) is 10.5 Å². The zero-order chi connectivity index (χ0) is 11.3. The van der Waals surface area contributed by atoms with Crippen LogP contribution in [0, 0.1) is 0 Å². The Hall–Kier alpha value is -0.610. The first-order valence-corrected chi connectivity index (χ1v) is 5.68. The monoisotopic (exact) mass is 275 g/mol. The molecule has 0 aliphatic heterocycles. The lowest BCUT2D eigenvalue weighted by atomic mass is 10.1. The van der Waals surface area contributed by atoms with Crippen LogP contribution in [0.25, 0.3) is 0 Å². The van der Waals surface area contributed by atoms with Gasteiger partial charge in [0.1, 0.15) is 5.75 Å². The maximum absolute atomic E-state index is 11.9. The minimum atomic E-state index is -0.357. The Labute approximate surface area is 97.7 Å². The molecule has 0 aliphatic carbocycles. The Bertz CT molecular complexity index is 317. The number of halogens is 2. The van der Waals surface area contributed by atoms with E-state index in [1.54, 1.807) is 0 Å². The molecule has 84 valence electrons. The van der Waals surface area contributed by atoms with Gasteiger partial charge in [-0.2, -0.15) is 0 Å². The van der Waals surface area contributed by atoms with Crippen molar-refractivity contribution >= 4 is 15.9 Å². The van der Waals surface area contributed by atoms with E-state index in [0.717, 1.165) is 15.8 Å². The summed E-state index contributed by atoms with van der Waals surface area (Å²) in [6, 6.07) is 5.57. The van der Waals surface area contributed by atoms with Crippen molar-refractivity contribution in [3.63, 3.8) is 0 Å². The molecule has 0 saturated carbocycles. The van der Waals surface area contributed by atoms with Gasteiger partial charge in [0.25, 0.3) is 0 Å². The summed E-state index contributed by atoms with van der Waals surface area (Å²) in [6.45, 7) is 1.92. The van der Waals surface area contributed by atoms with Gasteiger partial charge in [0.15, 0.2) is 0 Å². The summed E-state index contributed by atoms with van der Waals surface area (Å²) < 4.78 is 18.3. The molecule has 2 nitrogen and oxygen atoms in total.